The molecule has 1 aliphatic rings. The van der Waals surface area contributed by atoms with E-state index in [1.807, 2.05) is 23.1 Å². The highest BCUT2D eigenvalue weighted by Crippen LogP contribution is 2.28. The number of nitrogens with one attached hydrogen (secondary N) is 1. The molecule has 8 nitrogen and oxygen atoms in total. The van der Waals surface area contributed by atoms with E-state index in [2.05, 4.69) is 33.7 Å². The summed E-state index contributed by atoms with van der Waals surface area (Å²) in [4.78, 5) is 26.3. The largest absolute Gasteiger partial charge is 0.353 e. The lowest BCUT2D eigenvalue weighted by Gasteiger charge is -2.35. The van der Waals surface area contributed by atoms with Crippen molar-refractivity contribution in [2.24, 2.45) is 0 Å². The fourth-order valence-electron chi connectivity index (χ4n) is 4.07. The number of amides is 1. The molecule has 0 atom stereocenters. The van der Waals surface area contributed by atoms with Gasteiger partial charge in [-0.2, -0.15) is 0 Å². The van der Waals surface area contributed by atoms with Gasteiger partial charge >= 0.3 is 0 Å². The van der Waals surface area contributed by atoms with Gasteiger partial charge < -0.3 is 9.80 Å². The minimum absolute atomic E-state index is 0.0368. The first-order valence-electron chi connectivity index (χ1n) is 10.6. The molecule has 0 unspecified atom stereocenters. The Morgan fingerprint density at radius 2 is 1.76 bits per heavy atom. The van der Waals surface area contributed by atoms with Gasteiger partial charge in [0.15, 0.2) is 5.13 Å². The average Bonchev–Trinajstić information content (AvgIpc) is 3.18. The van der Waals surface area contributed by atoms with E-state index in [9.17, 15) is 13.2 Å². The first-order chi connectivity index (χ1) is 15.8. The van der Waals surface area contributed by atoms with Crippen LogP contribution in [0.1, 0.15) is 15.9 Å². The number of sulfonamides is 1. The summed E-state index contributed by atoms with van der Waals surface area (Å²) in [6.07, 6.45) is 1.09. The lowest BCUT2D eigenvalue weighted by Crippen LogP contribution is -2.49. The number of thiazole rings is 1. The third-order valence-corrected chi connectivity index (χ3v) is 7.34. The fraction of sp³-hybridized carbons (Fsp3) is 0.261. The fourth-order valence-corrected chi connectivity index (χ4v) is 5.81. The second-order valence-corrected chi connectivity index (χ2v) is 10.9. The van der Waals surface area contributed by atoms with E-state index in [-0.39, 0.29) is 5.91 Å². The summed E-state index contributed by atoms with van der Waals surface area (Å²) in [5.74, 6) is 0.903. The molecule has 2 aromatic heterocycles. The van der Waals surface area contributed by atoms with Crippen molar-refractivity contribution >= 4 is 59.3 Å². The molecule has 10 heteroatoms. The van der Waals surface area contributed by atoms with Crippen LogP contribution in [0.2, 0.25) is 0 Å². The molecule has 0 spiro atoms. The number of rotatable bonds is 4. The molecule has 1 saturated heterocycles. The van der Waals surface area contributed by atoms with E-state index in [4.69, 9.17) is 4.98 Å². The molecule has 0 bridgehead atoms. The van der Waals surface area contributed by atoms with Crippen LogP contribution in [0.3, 0.4) is 0 Å². The van der Waals surface area contributed by atoms with Crippen LogP contribution in [0.5, 0.6) is 0 Å². The molecule has 0 aliphatic carbocycles. The SMILES string of the molecule is Cc1cc(N2CCN(C(=O)c3ccc4nc(NS(C)(=O)=O)sc4c3)CC2)nc2ccccc12. The first kappa shape index (κ1) is 21.6. The number of piperazine rings is 1. The Labute approximate surface area is 195 Å². The Balaban J connectivity index is 1.30. The number of carbonyl (C=O) groups excluding carboxylic acids is 1. The van der Waals surface area contributed by atoms with Gasteiger partial charge in [-0.05, 0) is 42.8 Å². The number of carbonyl (C=O) groups is 1. The van der Waals surface area contributed by atoms with Gasteiger partial charge in [-0.25, -0.2) is 18.4 Å². The van der Waals surface area contributed by atoms with E-state index in [0.29, 0.717) is 42.4 Å². The third-order valence-electron chi connectivity index (χ3n) is 5.71. The van der Waals surface area contributed by atoms with Crippen LogP contribution in [0, 0.1) is 6.92 Å². The number of aryl methyl sites for hydroxylation is 1. The van der Waals surface area contributed by atoms with E-state index < -0.39 is 10.0 Å². The number of hydrogen-bond acceptors (Lipinski definition) is 7. The van der Waals surface area contributed by atoms with Crippen molar-refractivity contribution in [3.05, 3.63) is 59.7 Å². The molecule has 4 aromatic rings. The smallest absolute Gasteiger partial charge is 0.254 e. The maximum Gasteiger partial charge on any atom is 0.254 e. The number of hydrogen-bond donors (Lipinski definition) is 1. The van der Waals surface area contributed by atoms with Crippen molar-refractivity contribution in [3.8, 4) is 0 Å². The van der Waals surface area contributed by atoms with Crippen molar-refractivity contribution in [1.29, 1.82) is 0 Å². The molecule has 1 fully saturated rings. The Bertz CT molecular complexity index is 1470. The zero-order valence-corrected chi connectivity index (χ0v) is 19.9. The summed E-state index contributed by atoms with van der Waals surface area (Å²) in [7, 11) is -3.40. The Morgan fingerprint density at radius 1 is 1.00 bits per heavy atom. The number of fused-ring (bicyclic) bond motifs is 2. The number of anilines is 2. The third kappa shape index (κ3) is 4.49. The summed E-state index contributed by atoms with van der Waals surface area (Å²) < 4.78 is 26.1. The normalized spacial score (nSPS) is 14.7. The maximum absolute atomic E-state index is 13.1. The van der Waals surface area contributed by atoms with E-state index in [1.165, 1.54) is 16.9 Å². The van der Waals surface area contributed by atoms with Crippen LogP contribution in [-0.4, -0.2) is 61.6 Å². The van der Waals surface area contributed by atoms with Crippen LogP contribution in [0.15, 0.2) is 48.5 Å². The molecule has 5 rings (SSSR count). The molecular weight excluding hydrogens is 458 g/mol. The van der Waals surface area contributed by atoms with Gasteiger partial charge in [0.05, 0.1) is 22.0 Å². The molecule has 170 valence electrons. The van der Waals surface area contributed by atoms with E-state index >= 15 is 0 Å². The summed E-state index contributed by atoms with van der Waals surface area (Å²) in [6.45, 7) is 4.73. The lowest BCUT2D eigenvalue weighted by molar-refractivity contribution is 0.0746. The minimum Gasteiger partial charge on any atom is -0.353 e. The van der Waals surface area contributed by atoms with Crippen LogP contribution in [-0.2, 0) is 10.0 Å². The maximum atomic E-state index is 13.1. The van der Waals surface area contributed by atoms with Crippen molar-refractivity contribution in [2.75, 3.05) is 42.1 Å². The highest BCUT2D eigenvalue weighted by atomic mass is 32.2. The molecule has 1 amide bonds. The summed E-state index contributed by atoms with van der Waals surface area (Å²) in [5.41, 5.74) is 3.40. The lowest BCUT2D eigenvalue weighted by atomic mass is 10.1. The number of para-hydroxylation sites is 1. The topological polar surface area (TPSA) is 95.5 Å². The van der Waals surface area contributed by atoms with Crippen molar-refractivity contribution in [2.45, 2.75) is 6.92 Å². The Morgan fingerprint density at radius 3 is 2.52 bits per heavy atom. The van der Waals surface area contributed by atoms with Crippen LogP contribution < -0.4 is 9.62 Å². The van der Waals surface area contributed by atoms with Gasteiger partial charge in [0.1, 0.15) is 5.82 Å². The van der Waals surface area contributed by atoms with Gasteiger partial charge in [-0.3, -0.25) is 9.52 Å². The molecular formula is C23H23N5O3S2. The van der Waals surface area contributed by atoms with Gasteiger partial charge in [0, 0.05) is 37.1 Å². The number of benzene rings is 2. The Kier molecular flexibility index (Phi) is 5.41. The summed E-state index contributed by atoms with van der Waals surface area (Å²) in [5, 5.41) is 1.45. The van der Waals surface area contributed by atoms with Gasteiger partial charge in [0.2, 0.25) is 10.0 Å². The molecule has 0 radical (unpaired) electrons. The van der Waals surface area contributed by atoms with Crippen LogP contribution in [0.25, 0.3) is 21.1 Å². The highest BCUT2D eigenvalue weighted by Gasteiger charge is 2.24. The molecule has 1 N–H and O–H groups in total. The van der Waals surface area contributed by atoms with E-state index in [0.717, 1.165) is 27.7 Å². The second kappa shape index (κ2) is 8.27. The predicted molar refractivity (Wildman–Crippen MR) is 133 cm³/mol. The molecule has 0 saturated carbocycles. The quantitative estimate of drug-likeness (QED) is 0.479. The first-order valence-corrected chi connectivity index (χ1v) is 13.3. The zero-order valence-electron chi connectivity index (χ0n) is 18.3. The zero-order chi connectivity index (χ0) is 23.2. The van der Waals surface area contributed by atoms with E-state index in [1.54, 1.807) is 18.2 Å². The monoisotopic (exact) mass is 481 g/mol. The summed E-state index contributed by atoms with van der Waals surface area (Å²) >= 11 is 1.21. The van der Waals surface area contributed by atoms with Crippen molar-refractivity contribution in [3.63, 3.8) is 0 Å². The van der Waals surface area contributed by atoms with Crippen LogP contribution in [0.4, 0.5) is 10.9 Å². The number of aromatic nitrogens is 2. The van der Waals surface area contributed by atoms with Crippen molar-refractivity contribution in [1.82, 2.24) is 14.9 Å². The van der Waals surface area contributed by atoms with Gasteiger partial charge in [-0.15, -0.1) is 0 Å². The second-order valence-electron chi connectivity index (χ2n) is 8.17. The number of pyridine rings is 1. The summed E-state index contributed by atoms with van der Waals surface area (Å²) in [6, 6.07) is 15.5. The van der Waals surface area contributed by atoms with Crippen LogP contribution >= 0.6 is 11.3 Å². The van der Waals surface area contributed by atoms with Gasteiger partial charge in [0.25, 0.3) is 5.91 Å². The Hall–Kier alpha value is -3.24. The standard InChI is InChI=1S/C23H23N5O3S2/c1-15-13-21(24-18-6-4-3-5-17(15)18)27-9-11-28(12-10-27)22(29)16-7-8-19-20(14-16)32-23(25-19)26-33(2,30)31/h3-8,13-14H,9-12H2,1-2H3,(H,25,26). The van der Waals surface area contributed by atoms with Gasteiger partial charge in [-0.1, -0.05) is 29.5 Å². The molecule has 3 heterocycles. The predicted octanol–water partition coefficient (Wildman–Crippen LogP) is 3.49. The molecule has 2 aromatic carbocycles. The minimum atomic E-state index is -3.40. The average molecular weight is 482 g/mol. The number of nitrogens with zero attached hydrogens (tertiary/aromatic N) is 4. The highest BCUT2D eigenvalue weighted by molar-refractivity contribution is 7.92. The van der Waals surface area contributed by atoms with Crippen molar-refractivity contribution < 1.29 is 13.2 Å². The molecule has 33 heavy (non-hydrogen) atoms. The molecule has 1 aliphatic heterocycles.